The van der Waals surface area contributed by atoms with Gasteiger partial charge in [0.1, 0.15) is 0 Å². The van der Waals surface area contributed by atoms with Crippen molar-refractivity contribution in [3.8, 4) is 0 Å². The van der Waals surface area contributed by atoms with Gasteiger partial charge in [-0.05, 0) is 57.4 Å². The van der Waals surface area contributed by atoms with Crippen LogP contribution in [0.5, 0.6) is 0 Å². The molecule has 100 valence electrons. The lowest BCUT2D eigenvalue weighted by Crippen LogP contribution is -2.33. The van der Waals surface area contributed by atoms with Gasteiger partial charge in [-0.3, -0.25) is 4.72 Å². The van der Waals surface area contributed by atoms with E-state index in [1.165, 1.54) is 5.56 Å². The summed E-state index contributed by atoms with van der Waals surface area (Å²) in [6, 6.07) is 5.67. The SMILES string of the molecule is CC(C)(C)S(=O)(=O)Nc1ccc2c(c1)CCCN2. The maximum atomic E-state index is 12.1. The fourth-order valence-electron chi connectivity index (χ4n) is 1.85. The molecule has 0 unspecified atom stereocenters. The molecular formula is C13H20N2O2S. The number of sulfonamides is 1. The molecule has 0 spiro atoms. The zero-order valence-electron chi connectivity index (χ0n) is 11.1. The molecule has 0 fully saturated rings. The number of benzene rings is 1. The maximum absolute atomic E-state index is 12.1. The molecule has 1 aromatic carbocycles. The first-order valence-electron chi connectivity index (χ1n) is 6.19. The zero-order valence-corrected chi connectivity index (χ0v) is 11.9. The molecule has 5 heteroatoms. The van der Waals surface area contributed by atoms with Gasteiger partial charge in [0, 0.05) is 17.9 Å². The lowest BCUT2D eigenvalue weighted by atomic mass is 10.0. The number of hydrogen-bond acceptors (Lipinski definition) is 3. The Bertz CT molecular complexity index is 545. The van der Waals surface area contributed by atoms with Crippen LogP contribution in [-0.4, -0.2) is 19.7 Å². The summed E-state index contributed by atoms with van der Waals surface area (Å²) < 4.78 is 26.0. The summed E-state index contributed by atoms with van der Waals surface area (Å²) in [6.45, 7) is 6.06. The van der Waals surface area contributed by atoms with Gasteiger partial charge in [0.05, 0.1) is 4.75 Å². The summed E-state index contributed by atoms with van der Waals surface area (Å²) in [6.07, 6.45) is 2.08. The lowest BCUT2D eigenvalue weighted by molar-refractivity contribution is 0.566. The first-order chi connectivity index (χ1) is 8.29. The van der Waals surface area contributed by atoms with Gasteiger partial charge >= 0.3 is 0 Å². The largest absolute Gasteiger partial charge is 0.385 e. The number of nitrogens with one attached hydrogen (secondary N) is 2. The minimum atomic E-state index is -3.35. The van der Waals surface area contributed by atoms with E-state index in [-0.39, 0.29) is 0 Å². The molecule has 1 aromatic rings. The molecule has 0 radical (unpaired) electrons. The van der Waals surface area contributed by atoms with Gasteiger partial charge in [-0.25, -0.2) is 8.42 Å². The second-order valence-corrected chi connectivity index (χ2v) is 8.06. The molecule has 0 atom stereocenters. The molecule has 1 heterocycles. The highest BCUT2D eigenvalue weighted by Crippen LogP contribution is 2.27. The van der Waals surface area contributed by atoms with Crippen LogP contribution in [0.4, 0.5) is 11.4 Å². The third-order valence-electron chi connectivity index (χ3n) is 3.10. The number of fused-ring (bicyclic) bond motifs is 1. The summed E-state index contributed by atoms with van der Waals surface area (Å²) in [7, 11) is -3.35. The van der Waals surface area contributed by atoms with E-state index < -0.39 is 14.8 Å². The van der Waals surface area contributed by atoms with Crippen molar-refractivity contribution in [2.75, 3.05) is 16.6 Å². The van der Waals surface area contributed by atoms with E-state index in [9.17, 15) is 8.42 Å². The molecule has 18 heavy (non-hydrogen) atoms. The number of aryl methyl sites for hydroxylation is 1. The van der Waals surface area contributed by atoms with Crippen LogP contribution >= 0.6 is 0 Å². The summed E-state index contributed by atoms with van der Waals surface area (Å²) in [5.74, 6) is 0. The molecule has 0 aromatic heterocycles. The van der Waals surface area contributed by atoms with Crippen LogP contribution in [0.1, 0.15) is 32.8 Å². The molecular weight excluding hydrogens is 248 g/mol. The fourth-order valence-corrected chi connectivity index (χ4v) is 2.59. The highest BCUT2D eigenvalue weighted by molar-refractivity contribution is 7.94. The summed E-state index contributed by atoms with van der Waals surface area (Å²) >= 11 is 0. The smallest absolute Gasteiger partial charge is 0.237 e. The van der Waals surface area contributed by atoms with E-state index in [1.807, 2.05) is 12.1 Å². The Balaban J connectivity index is 2.26. The van der Waals surface area contributed by atoms with Crippen molar-refractivity contribution >= 4 is 21.4 Å². The second kappa shape index (κ2) is 4.46. The average molecular weight is 268 g/mol. The van der Waals surface area contributed by atoms with Gasteiger partial charge in [0.2, 0.25) is 10.0 Å². The van der Waals surface area contributed by atoms with Gasteiger partial charge in [-0.2, -0.15) is 0 Å². The molecule has 0 saturated carbocycles. The quantitative estimate of drug-likeness (QED) is 0.866. The zero-order chi connectivity index (χ0) is 13.4. The van der Waals surface area contributed by atoms with Gasteiger partial charge in [0.25, 0.3) is 0 Å². The van der Waals surface area contributed by atoms with Crippen LogP contribution in [0, 0.1) is 0 Å². The van der Waals surface area contributed by atoms with Crippen molar-refractivity contribution in [1.29, 1.82) is 0 Å². The minimum Gasteiger partial charge on any atom is -0.385 e. The molecule has 0 amide bonds. The van der Waals surface area contributed by atoms with Crippen molar-refractivity contribution in [3.05, 3.63) is 23.8 Å². The molecule has 1 aliphatic rings. The van der Waals surface area contributed by atoms with E-state index in [1.54, 1.807) is 26.8 Å². The van der Waals surface area contributed by atoms with Gasteiger partial charge < -0.3 is 5.32 Å². The maximum Gasteiger partial charge on any atom is 0.237 e. The first kappa shape index (κ1) is 13.2. The Hall–Kier alpha value is -1.23. The van der Waals surface area contributed by atoms with E-state index in [0.717, 1.165) is 25.1 Å². The predicted octanol–water partition coefficient (Wildman–Crippen LogP) is 2.58. The summed E-state index contributed by atoms with van der Waals surface area (Å²) in [5.41, 5.74) is 2.93. The van der Waals surface area contributed by atoms with Crippen LogP contribution < -0.4 is 10.0 Å². The van der Waals surface area contributed by atoms with E-state index in [4.69, 9.17) is 0 Å². The average Bonchev–Trinajstić information content (AvgIpc) is 2.27. The van der Waals surface area contributed by atoms with E-state index >= 15 is 0 Å². The number of rotatable bonds is 2. The first-order valence-corrected chi connectivity index (χ1v) is 7.67. The van der Waals surface area contributed by atoms with Crippen LogP contribution in [0.15, 0.2) is 18.2 Å². The Labute approximate surface area is 109 Å². The van der Waals surface area contributed by atoms with Crippen LogP contribution in [0.2, 0.25) is 0 Å². The Morgan fingerprint density at radius 2 is 2.00 bits per heavy atom. The summed E-state index contributed by atoms with van der Waals surface area (Å²) in [5, 5.41) is 3.31. The Kier molecular flexibility index (Phi) is 3.27. The lowest BCUT2D eigenvalue weighted by Gasteiger charge is -2.22. The predicted molar refractivity (Wildman–Crippen MR) is 75.5 cm³/mol. The van der Waals surface area contributed by atoms with Crippen molar-refractivity contribution < 1.29 is 8.42 Å². The van der Waals surface area contributed by atoms with Crippen LogP contribution in [0.3, 0.4) is 0 Å². The Morgan fingerprint density at radius 3 is 2.67 bits per heavy atom. The molecule has 4 nitrogen and oxygen atoms in total. The molecule has 0 bridgehead atoms. The van der Waals surface area contributed by atoms with E-state index in [0.29, 0.717) is 5.69 Å². The van der Waals surface area contributed by atoms with Crippen molar-refractivity contribution in [2.24, 2.45) is 0 Å². The van der Waals surface area contributed by atoms with Gasteiger partial charge in [-0.15, -0.1) is 0 Å². The molecule has 0 aliphatic carbocycles. The van der Waals surface area contributed by atoms with Gasteiger partial charge in [-0.1, -0.05) is 0 Å². The third kappa shape index (κ3) is 2.61. The number of hydrogen-bond donors (Lipinski definition) is 2. The standard InChI is InChI=1S/C13H20N2O2S/c1-13(2,3)18(16,17)15-11-6-7-12-10(9-11)5-4-8-14-12/h6-7,9,14-15H,4-5,8H2,1-3H3. The topological polar surface area (TPSA) is 58.2 Å². The normalized spacial score (nSPS) is 15.7. The van der Waals surface area contributed by atoms with Crippen molar-refractivity contribution in [1.82, 2.24) is 0 Å². The molecule has 0 saturated heterocycles. The summed E-state index contributed by atoms with van der Waals surface area (Å²) in [4.78, 5) is 0. The monoisotopic (exact) mass is 268 g/mol. The molecule has 2 N–H and O–H groups in total. The van der Waals surface area contributed by atoms with Crippen LogP contribution in [0.25, 0.3) is 0 Å². The minimum absolute atomic E-state index is 0.646. The highest BCUT2D eigenvalue weighted by atomic mass is 32.2. The second-order valence-electron chi connectivity index (χ2n) is 5.62. The Morgan fingerprint density at radius 1 is 1.28 bits per heavy atom. The highest BCUT2D eigenvalue weighted by Gasteiger charge is 2.29. The number of anilines is 2. The van der Waals surface area contributed by atoms with Gasteiger partial charge in [0.15, 0.2) is 0 Å². The van der Waals surface area contributed by atoms with Crippen molar-refractivity contribution in [2.45, 2.75) is 38.4 Å². The van der Waals surface area contributed by atoms with E-state index in [2.05, 4.69) is 10.0 Å². The van der Waals surface area contributed by atoms with Crippen molar-refractivity contribution in [3.63, 3.8) is 0 Å². The van der Waals surface area contributed by atoms with Crippen LogP contribution in [-0.2, 0) is 16.4 Å². The fraction of sp³-hybridized carbons (Fsp3) is 0.538. The molecule has 1 aliphatic heterocycles. The third-order valence-corrected chi connectivity index (χ3v) is 5.22. The molecule has 2 rings (SSSR count).